The first-order chi connectivity index (χ1) is 17.4. The summed E-state index contributed by atoms with van der Waals surface area (Å²) in [5, 5.41) is 0. The van der Waals surface area contributed by atoms with Gasteiger partial charge in [-0.05, 0) is 87.5 Å². The Labute approximate surface area is 214 Å². The van der Waals surface area contributed by atoms with Crippen molar-refractivity contribution in [1.29, 1.82) is 0 Å². The van der Waals surface area contributed by atoms with Crippen LogP contribution in [0.15, 0.2) is 97.2 Å². The van der Waals surface area contributed by atoms with Crippen molar-refractivity contribution in [2.24, 2.45) is 7.05 Å². The van der Waals surface area contributed by atoms with E-state index in [1.165, 1.54) is 72.5 Å². The number of benzene rings is 4. The molecule has 0 saturated heterocycles. The molecule has 0 spiro atoms. The third kappa shape index (κ3) is 3.50. The molecule has 176 valence electrons. The Hall–Kier alpha value is -3.97. The highest BCUT2D eigenvalue weighted by atomic mass is 14.9. The van der Waals surface area contributed by atoms with Gasteiger partial charge in [0.05, 0.1) is 0 Å². The summed E-state index contributed by atoms with van der Waals surface area (Å²) in [4.78, 5) is 0. The monoisotopic (exact) mass is 466 g/mol. The third-order valence-electron chi connectivity index (χ3n) is 7.72. The van der Waals surface area contributed by atoms with Crippen molar-refractivity contribution in [1.82, 2.24) is 0 Å². The molecule has 0 aliphatic heterocycles. The minimum absolute atomic E-state index is 0.485. The molecule has 0 atom stereocenters. The molecule has 1 aromatic heterocycles. The van der Waals surface area contributed by atoms with Crippen LogP contribution in [-0.4, -0.2) is 0 Å². The summed E-state index contributed by atoms with van der Waals surface area (Å²) in [5.74, 6) is 0.485. The lowest BCUT2D eigenvalue weighted by atomic mass is 9.79. The molecular weight excluding hydrogens is 434 g/mol. The molecule has 1 nitrogen and oxygen atoms in total. The average Bonchev–Trinajstić information content (AvgIpc) is 2.88. The van der Waals surface area contributed by atoms with Gasteiger partial charge in [-0.1, -0.05) is 86.6 Å². The highest BCUT2D eigenvalue weighted by molar-refractivity contribution is 6.03. The van der Waals surface area contributed by atoms with E-state index in [-0.39, 0.29) is 0 Å². The van der Waals surface area contributed by atoms with Crippen LogP contribution in [0.25, 0.3) is 55.8 Å². The van der Waals surface area contributed by atoms with Crippen LogP contribution in [0.1, 0.15) is 36.5 Å². The van der Waals surface area contributed by atoms with Gasteiger partial charge >= 0.3 is 0 Å². The molecule has 0 N–H and O–H groups in total. The van der Waals surface area contributed by atoms with Crippen molar-refractivity contribution in [2.45, 2.75) is 33.6 Å². The summed E-state index contributed by atoms with van der Waals surface area (Å²) >= 11 is 0. The highest BCUT2D eigenvalue weighted by Crippen LogP contribution is 2.48. The lowest BCUT2D eigenvalue weighted by Crippen LogP contribution is -2.32. The van der Waals surface area contributed by atoms with Crippen molar-refractivity contribution in [3.05, 3.63) is 114 Å². The first-order valence-corrected chi connectivity index (χ1v) is 12.9. The summed E-state index contributed by atoms with van der Waals surface area (Å²) in [6.45, 7) is 9.04. The maximum Gasteiger partial charge on any atom is 0.212 e. The van der Waals surface area contributed by atoms with E-state index in [0.29, 0.717) is 5.92 Å². The summed E-state index contributed by atoms with van der Waals surface area (Å²) in [6.07, 6.45) is 2.28. The number of aromatic nitrogens is 1. The normalized spacial score (nSPS) is 11.7. The van der Waals surface area contributed by atoms with Gasteiger partial charge in [-0.15, -0.1) is 0 Å². The number of fused-ring (bicyclic) bond motifs is 8. The van der Waals surface area contributed by atoms with Gasteiger partial charge in [-0.3, -0.25) is 0 Å². The molecule has 1 aliphatic carbocycles. The third-order valence-corrected chi connectivity index (χ3v) is 7.72. The van der Waals surface area contributed by atoms with Gasteiger partial charge in [0.25, 0.3) is 0 Å². The molecule has 6 rings (SSSR count). The van der Waals surface area contributed by atoms with Gasteiger partial charge in [-0.2, -0.15) is 0 Å². The molecule has 36 heavy (non-hydrogen) atoms. The molecule has 1 aliphatic rings. The second-order valence-electron chi connectivity index (χ2n) is 10.4. The van der Waals surface area contributed by atoms with E-state index in [4.69, 9.17) is 0 Å². The van der Waals surface area contributed by atoms with E-state index in [1.807, 2.05) is 0 Å². The van der Waals surface area contributed by atoms with Crippen molar-refractivity contribution in [3.63, 3.8) is 0 Å². The minimum atomic E-state index is 0.485. The van der Waals surface area contributed by atoms with Crippen LogP contribution in [0.3, 0.4) is 0 Å². The number of pyridine rings is 1. The van der Waals surface area contributed by atoms with Crippen molar-refractivity contribution >= 4 is 0 Å². The topological polar surface area (TPSA) is 3.88 Å². The molecule has 5 aromatic rings. The van der Waals surface area contributed by atoms with E-state index >= 15 is 0 Å². The van der Waals surface area contributed by atoms with Crippen LogP contribution >= 0.6 is 0 Å². The van der Waals surface area contributed by atoms with Gasteiger partial charge in [-0.25, -0.2) is 4.57 Å². The van der Waals surface area contributed by atoms with Crippen molar-refractivity contribution in [3.8, 4) is 55.8 Å². The quantitative estimate of drug-likeness (QED) is 0.224. The maximum absolute atomic E-state index is 2.43. The minimum Gasteiger partial charge on any atom is -0.201 e. The molecule has 0 bridgehead atoms. The van der Waals surface area contributed by atoms with Crippen LogP contribution in [0.4, 0.5) is 0 Å². The second-order valence-corrected chi connectivity index (χ2v) is 10.4. The fourth-order valence-corrected chi connectivity index (χ4v) is 5.98. The lowest BCUT2D eigenvalue weighted by molar-refractivity contribution is -0.660. The van der Waals surface area contributed by atoms with E-state index in [0.717, 1.165) is 0 Å². The SMILES string of the molecule is Cc1cc2c(cc1-c1cc(C(C)C)c(C)c[n+]1C)-c1ccccc1-c1ccccc1-c1ccccc1-2. The Morgan fingerprint density at radius 1 is 0.500 bits per heavy atom. The van der Waals surface area contributed by atoms with E-state index in [9.17, 15) is 0 Å². The maximum atomic E-state index is 2.43. The molecule has 0 amide bonds. The first-order valence-electron chi connectivity index (χ1n) is 12.9. The predicted octanol–water partition coefficient (Wildman–Crippen LogP) is 8.90. The first kappa shape index (κ1) is 22.5. The second kappa shape index (κ2) is 8.60. The molecule has 1 heterocycles. The van der Waals surface area contributed by atoms with Gasteiger partial charge in [0.15, 0.2) is 6.20 Å². The highest BCUT2D eigenvalue weighted by Gasteiger charge is 2.25. The van der Waals surface area contributed by atoms with Crippen molar-refractivity contribution < 1.29 is 4.57 Å². The molecule has 0 saturated carbocycles. The fourth-order valence-electron chi connectivity index (χ4n) is 5.98. The zero-order valence-electron chi connectivity index (χ0n) is 21.8. The number of rotatable bonds is 2. The van der Waals surface area contributed by atoms with Crippen LogP contribution in [-0.2, 0) is 7.05 Å². The van der Waals surface area contributed by atoms with Gasteiger partial charge in [0.2, 0.25) is 5.69 Å². The van der Waals surface area contributed by atoms with Crippen LogP contribution < -0.4 is 4.57 Å². The Bertz CT molecular complexity index is 1640. The van der Waals surface area contributed by atoms with Gasteiger partial charge in [0.1, 0.15) is 7.05 Å². The number of hydrogen-bond acceptors (Lipinski definition) is 0. The molecule has 0 unspecified atom stereocenters. The number of nitrogens with zero attached hydrogens (tertiary/aromatic N) is 1. The summed E-state index contributed by atoms with van der Waals surface area (Å²) in [6, 6.07) is 33.8. The summed E-state index contributed by atoms with van der Waals surface area (Å²) < 4.78 is 2.29. The molecule has 1 heteroatoms. The fraction of sp³-hybridized carbons (Fsp3) is 0.171. The van der Waals surface area contributed by atoms with Crippen LogP contribution in [0.5, 0.6) is 0 Å². The van der Waals surface area contributed by atoms with E-state index in [1.54, 1.807) is 0 Å². The number of hydrogen-bond donors (Lipinski definition) is 0. The van der Waals surface area contributed by atoms with Crippen LogP contribution in [0.2, 0.25) is 0 Å². The Morgan fingerprint density at radius 2 is 0.917 bits per heavy atom. The number of aryl methyl sites for hydroxylation is 3. The smallest absolute Gasteiger partial charge is 0.201 e. The Kier molecular flexibility index (Phi) is 5.38. The Morgan fingerprint density at radius 3 is 1.36 bits per heavy atom. The zero-order valence-corrected chi connectivity index (χ0v) is 21.8. The largest absolute Gasteiger partial charge is 0.212 e. The molecular formula is C35H32N+. The van der Waals surface area contributed by atoms with Crippen LogP contribution in [0, 0.1) is 13.8 Å². The molecule has 0 fully saturated rings. The van der Waals surface area contributed by atoms with E-state index in [2.05, 4.69) is 137 Å². The standard InChI is InChI=1S/C35H32N/c1-22(2)31-20-35(36(5)21-24(31)4)32-19-34-30-17-11-9-15-28(30)26-13-7-6-12-25(26)27-14-8-10-16-29(27)33(34)18-23(32)3/h6-22H,1-5H3/q+1. The molecule has 0 radical (unpaired) electrons. The zero-order chi connectivity index (χ0) is 25.0. The summed E-state index contributed by atoms with van der Waals surface area (Å²) in [7, 11) is 2.17. The average molecular weight is 467 g/mol. The molecule has 4 aromatic carbocycles. The lowest BCUT2D eigenvalue weighted by Gasteiger charge is -2.24. The Balaban J connectivity index is 1.71. The summed E-state index contributed by atoms with van der Waals surface area (Å²) in [5.41, 5.74) is 16.9. The van der Waals surface area contributed by atoms with Crippen molar-refractivity contribution in [2.75, 3.05) is 0 Å². The van der Waals surface area contributed by atoms with Gasteiger partial charge < -0.3 is 0 Å². The predicted molar refractivity (Wildman–Crippen MR) is 152 cm³/mol. The van der Waals surface area contributed by atoms with E-state index < -0.39 is 0 Å². The van der Waals surface area contributed by atoms with Gasteiger partial charge in [0, 0.05) is 17.2 Å².